The molecule has 0 amide bonds. The number of hydrogen-bond donors (Lipinski definition) is 1. The molecule has 6 heteroatoms. The lowest BCUT2D eigenvalue weighted by Crippen LogP contribution is -2.33. The second-order valence-electron chi connectivity index (χ2n) is 6.79. The third-order valence-electron chi connectivity index (χ3n) is 4.60. The maximum absolute atomic E-state index is 11.6. The van der Waals surface area contributed by atoms with Crippen LogP contribution in [0.15, 0.2) is 90.0 Å². The maximum Gasteiger partial charge on any atom is 0.169 e. The van der Waals surface area contributed by atoms with Gasteiger partial charge in [-0.25, -0.2) is 9.97 Å². The number of carbonyl (C=O) groups excluding carboxylic acids is 1. The van der Waals surface area contributed by atoms with Gasteiger partial charge in [-0.3, -0.25) is 5.43 Å². The van der Waals surface area contributed by atoms with Crippen LogP contribution in [0.25, 0.3) is 11.0 Å². The van der Waals surface area contributed by atoms with E-state index in [-0.39, 0.29) is 12.1 Å². The summed E-state index contributed by atoms with van der Waals surface area (Å²) in [7, 11) is 0. The molecule has 0 bridgehead atoms. The van der Waals surface area contributed by atoms with Crippen LogP contribution in [0.5, 0.6) is 0 Å². The number of para-hydroxylation sites is 2. The quantitative estimate of drug-likeness (QED) is 0.384. The molecular weight excluding hydrogens is 376 g/mol. The molecule has 0 spiro atoms. The molecule has 148 valence electrons. The number of benzene rings is 3. The van der Waals surface area contributed by atoms with Gasteiger partial charge in [0.05, 0.1) is 28.4 Å². The molecule has 0 aliphatic heterocycles. The van der Waals surface area contributed by atoms with Crippen molar-refractivity contribution in [3.05, 3.63) is 102 Å². The first-order valence-corrected chi connectivity index (χ1v) is 9.56. The Morgan fingerprint density at radius 1 is 0.800 bits per heavy atom. The van der Waals surface area contributed by atoms with Crippen LogP contribution < -0.4 is 10.5 Å². The van der Waals surface area contributed by atoms with Crippen LogP contribution in [-0.2, 0) is 17.6 Å². The molecule has 1 aromatic heterocycles. The van der Waals surface area contributed by atoms with E-state index < -0.39 is 5.97 Å². The van der Waals surface area contributed by atoms with E-state index in [2.05, 4.69) is 15.5 Å². The summed E-state index contributed by atoms with van der Waals surface area (Å²) in [4.78, 5) is 20.9. The van der Waals surface area contributed by atoms with Crippen LogP contribution in [0.3, 0.4) is 0 Å². The molecule has 0 radical (unpaired) electrons. The van der Waals surface area contributed by atoms with Gasteiger partial charge in [-0.05, 0) is 23.3 Å². The van der Waals surface area contributed by atoms with E-state index in [1.54, 1.807) is 0 Å². The number of aliphatic carboxylic acids is 1. The van der Waals surface area contributed by atoms with Crippen molar-refractivity contribution in [2.24, 2.45) is 5.10 Å². The Hall–Kier alpha value is -4.06. The molecule has 0 saturated carbocycles. The van der Waals surface area contributed by atoms with Crippen LogP contribution in [0.4, 0.5) is 5.82 Å². The predicted molar refractivity (Wildman–Crippen MR) is 115 cm³/mol. The van der Waals surface area contributed by atoms with Crippen LogP contribution in [-0.4, -0.2) is 21.6 Å². The van der Waals surface area contributed by atoms with E-state index in [1.165, 1.54) is 0 Å². The number of nitrogens with one attached hydrogen (secondary N) is 1. The van der Waals surface area contributed by atoms with Gasteiger partial charge in [0.2, 0.25) is 0 Å². The van der Waals surface area contributed by atoms with Crippen molar-refractivity contribution in [3.8, 4) is 0 Å². The molecular formula is C24H19N4O2-. The van der Waals surface area contributed by atoms with Gasteiger partial charge in [0.25, 0.3) is 0 Å². The number of fused-ring (bicyclic) bond motifs is 1. The zero-order valence-corrected chi connectivity index (χ0v) is 16.2. The Bertz CT molecular complexity index is 1190. The lowest BCUT2D eigenvalue weighted by Gasteiger charge is -2.12. The Morgan fingerprint density at radius 3 is 2.00 bits per heavy atom. The van der Waals surface area contributed by atoms with Gasteiger partial charge in [0.15, 0.2) is 5.82 Å². The topological polar surface area (TPSA) is 90.3 Å². The molecule has 30 heavy (non-hydrogen) atoms. The first-order valence-electron chi connectivity index (χ1n) is 9.56. The van der Waals surface area contributed by atoms with Gasteiger partial charge < -0.3 is 9.90 Å². The predicted octanol–water partition coefficient (Wildman–Crippen LogP) is 2.98. The second-order valence-corrected chi connectivity index (χ2v) is 6.79. The highest BCUT2D eigenvalue weighted by Gasteiger charge is 2.11. The minimum absolute atomic E-state index is 0.109. The molecule has 4 aromatic rings. The Kier molecular flexibility index (Phi) is 5.75. The summed E-state index contributed by atoms with van der Waals surface area (Å²) in [5.41, 5.74) is 6.76. The van der Waals surface area contributed by atoms with Crippen LogP contribution >= 0.6 is 0 Å². The normalized spacial score (nSPS) is 11.4. The number of nitrogens with zero attached hydrogens (tertiary/aromatic N) is 3. The van der Waals surface area contributed by atoms with Gasteiger partial charge >= 0.3 is 0 Å². The number of aromatic nitrogens is 2. The van der Waals surface area contributed by atoms with E-state index in [4.69, 9.17) is 4.98 Å². The minimum Gasteiger partial charge on any atom is -0.543 e. The molecule has 1 N–H and O–H groups in total. The highest BCUT2D eigenvalue weighted by atomic mass is 16.4. The van der Waals surface area contributed by atoms with Gasteiger partial charge in [0.1, 0.15) is 0 Å². The number of hydrazone groups is 1. The fraction of sp³-hybridized carbons (Fsp3) is 0.0833. The monoisotopic (exact) mass is 395 g/mol. The lowest BCUT2D eigenvalue weighted by atomic mass is 10.1. The largest absolute Gasteiger partial charge is 0.543 e. The Morgan fingerprint density at radius 2 is 1.37 bits per heavy atom. The average Bonchev–Trinajstić information content (AvgIpc) is 2.78. The highest BCUT2D eigenvalue weighted by Crippen LogP contribution is 2.20. The van der Waals surface area contributed by atoms with Gasteiger partial charge in [-0.15, -0.1) is 0 Å². The summed E-state index contributed by atoms with van der Waals surface area (Å²) in [6, 6.07) is 26.7. The third kappa shape index (κ3) is 4.67. The number of carbonyl (C=O) groups is 1. The summed E-state index contributed by atoms with van der Waals surface area (Å²) < 4.78 is 0. The van der Waals surface area contributed by atoms with E-state index in [9.17, 15) is 9.90 Å². The highest BCUT2D eigenvalue weighted by molar-refractivity contribution is 6.35. The average molecular weight is 395 g/mol. The summed E-state index contributed by atoms with van der Waals surface area (Å²) in [5, 5.41) is 15.7. The molecule has 6 nitrogen and oxygen atoms in total. The van der Waals surface area contributed by atoms with E-state index in [0.717, 1.165) is 16.6 Å². The SMILES string of the molecule is O=C([O-])/C(Cc1ccccc1)=N/Nc1nc2ccccc2nc1Cc1ccccc1. The number of carboxylic acid groups (broad SMARTS) is 1. The fourth-order valence-electron chi connectivity index (χ4n) is 3.11. The minimum atomic E-state index is -1.33. The number of anilines is 1. The van der Waals surface area contributed by atoms with Crippen molar-refractivity contribution in [1.29, 1.82) is 0 Å². The summed E-state index contributed by atoms with van der Waals surface area (Å²) in [6.45, 7) is 0. The van der Waals surface area contributed by atoms with Crippen molar-refractivity contribution in [2.75, 3.05) is 5.43 Å². The van der Waals surface area contributed by atoms with Crippen molar-refractivity contribution in [2.45, 2.75) is 12.8 Å². The second kappa shape index (κ2) is 8.96. The molecule has 0 atom stereocenters. The lowest BCUT2D eigenvalue weighted by molar-refractivity contribution is -0.294. The summed E-state index contributed by atoms with van der Waals surface area (Å²) in [5.74, 6) is -0.908. The van der Waals surface area contributed by atoms with Crippen molar-refractivity contribution >= 4 is 28.5 Å². The molecule has 0 aliphatic carbocycles. The van der Waals surface area contributed by atoms with Gasteiger partial charge in [-0.2, -0.15) is 5.10 Å². The zero-order chi connectivity index (χ0) is 20.8. The standard InChI is InChI=1S/C24H20N4O2/c29-24(30)22(16-18-11-5-2-6-12-18)27-28-23-21(15-17-9-3-1-4-10-17)25-19-13-7-8-14-20(19)26-23/h1-14H,15-16H2,(H,26,28)(H,29,30)/p-1/b27-22+. The van der Waals surface area contributed by atoms with Gasteiger partial charge in [-0.1, -0.05) is 72.8 Å². The first kappa shape index (κ1) is 19.3. The van der Waals surface area contributed by atoms with E-state index >= 15 is 0 Å². The van der Waals surface area contributed by atoms with Crippen LogP contribution in [0, 0.1) is 0 Å². The summed E-state index contributed by atoms with van der Waals surface area (Å²) in [6.07, 6.45) is 0.682. The molecule has 0 saturated heterocycles. The Labute approximate surface area is 173 Å². The van der Waals surface area contributed by atoms with Crippen molar-refractivity contribution in [3.63, 3.8) is 0 Å². The number of rotatable bonds is 7. The molecule has 0 aliphatic rings. The molecule has 0 unspecified atom stereocenters. The smallest absolute Gasteiger partial charge is 0.169 e. The third-order valence-corrected chi connectivity index (χ3v) is 4.60. The maximum atomic E-state index is 11.6. The van der Waals surface area contributed by atoms with Crippen molar-refractivity contribution in [1.82, 2.24) is 9.97 Å². The van der Waals surface area contributed by atoms with Crippen LogP contribution in [0.2, 0.25) is 0 Å². The van der Waals surface area contributed by atoms with Gasteiger partial charge in [0, 0.05) is 12.8 Å². The zero-order valence-electron chi connectivity index (χ0n) is 16.2. The number of hydrogen-bond acceptors (Lipinski definition) is 6. The molecule has 0 fully saturated rings. The summed E-state index contributed by atoms with van der Waals surface area (Å²) >= 11 is 0. The molecule has 3 aromatic carbocycles. The molecule has 4 rings (SSSR count). The van der Waals surface area contributed by atoms with Crippen LogP contribution in [0.1, 0.15) is 16.8 Å². The van der Waals surface area contributed by atoms with E-state index in [1.807, 2.05) is 84.9 Å². The van der Waals surface area contributed by atoms with Crippen molar-refractivity contribution < 1.29 is 9.90 Å². The number of carboxylic acids is 1. The first-order chi connectivity index (χ1) is 14.7. The molecule has 1 heterocycles. The fourth-order valence-corrected chi connectivity index (χ4v) is 3.11. The Balaban J connectivity index is 1.68. The van der Waals surface area contributed by atoms with E-state index in [0.29, 0.717) is 23.4 Å².